The number of aryl methyl sites for hydroxylation is 1. The molecule has 166 valence electrons. The highest BCUT2D eigenvalue weighted by molar-refractivity contribution is 7.90. The first kappa shape index (κ1) is 21.5. The average Bonchev–Trinajstić information content (AvgIpc) is 3.32. The number of hydrogen-bond acceptors (Lipinski definition) is 7. The first-order valence-corrected chi connectivity index (χ1v) is 12.1. The summed E-state index contributed by atoms with van der Waals surface area (Å²) in [5.41, 5.74) is 1.12. The van der Waals surface area contributed by atoms with Crippen molar-refractivity contribution in [2.75, 3.05) is 19.3 Å². The molecule has 0 unspecified atom stereocenters. The fourth-order valence-electron chi connectivity index (χ4n) is 4.03. The Bertz CT molecular complexity index is 1250. The maximum absolute atomic E-state index is 13.3. The normalized spacial score (nSPS) is 18.0. The summed E-state index contributed by atoms with van der Waals surface area (Å²) in [6, 6.07) is 1.91. The van der Waals surface area contributed by atoms with E-state index >= 15 is 0 Å². The van der Waals surface area contributed by atoms with Gasteiger partial charge in [-0.2, -0.15) is 14.6 Å². The van der Waals surface area contributed by atoms with Gasteiger partial charge in [0.1, 0.15) is 17.0 Å². The lowest BCUT2D eigenvalue weighted by molar-refractivity contribution is 0.0667. The smallest absolute Gasteiger partial charge is 0.289 e. The molecule has 1 aliphatic heterocycles. The van der Waals surface area contributed by atoms with E-state index in [2.05, 4.69) is 15.1 Å². The van der Waals surface area contributed by atoms with Crippen LogP contribution in [0.5, 0.6) is 0 Å². The second-order valence-corrected chi connectivity index (χ2v) is 11.2. The number of fused-ring (bicyclic) bond motifs is 1. The molecule has 0 spiro atoms. The Hall–Kier alpha value is -2.75. The zero-order valence-corrected chi connectivity index (χ0v) is 19.2. The molecule has 0 radical (unpaired) electrons. The Morgan fingerprint density at radius 2 is 2.00 bits per heavy atom. The Labute approximate surface area is 181 Å². The van der Waals surface area contributed by atoms with E-state index in [9.17, 15) is 13.2 Å². The van der Waals surface area contributed by atoms with Gasteiger partial charge in [-0.1, -0.05) is 20.8 Å². The zero-order valence-electron chi connectivity index (χ0n) is 18.4. The van der Waals surface area contributed by atoms with E-state index in [0.717, 1.165) is 30.4 Å². The van der Waals surface area contributed by atoms with Crippen LogP contribution in [0.2, 0.25) is 0 Å². The molecule has 9 nitrogen and oxygen atoms in total. The molecule has 4 heterocycles. The number of nitrogens with zero attached hydrogens (tertiary/aromatic N) is 5. The minimum Gasteiger partial charge on any atom is -0.455 e. The first-order chi connectivity index (χ1) is 14.5. The molecule has 3 aromatic rings. The molecule has 0 bridgehead atoms. The third-order valence-corrected chi connectivity index (χ3v) is 6.77. The maximum atomic E-state index is 13.3. The van der Waals surface area contributed by atoms with Crippen LogP contribution in [0.4, 0.5) is 0 Å². The lowest BCUT2D eigenvalue weighted by Gasteiger charge is -2.33. The summed E-state index contributed by atoms with van der Waals surface area (Å²) in [5, 5.41) is 4.20. The molecule has 1 amide bonds. The van der Waals surface area contributed by atoms with Gasteiger partial charge in [0, 0.05) is 36.2 Å². The van der Waals surface area contributed by atoms with E-state index in [4.69, 9.17) is 4.42 Å². The molecule has 0 N–H and O–H groups in total. The number of piperidine rings is 1. The number of carbonyl (C=O) groups is 1. The lowest BCUT2D eigenvalue weighted by Crippen LogP contribution is -2.40. The van der Waals surface area contributed by atoms with Gasteiger partial charge in [-0.15, -0.1) is 0 Å². The third kappa shape index (κ3) is 3.96. The Kier molecular flexibility index (Phi) is 5.15. The van der Waals surface area contributed by atoms with Crippen molar-refractivity contribution in [1.82, 2.24) is 24.5 Å². The minimum atomic E-state index is -3.53. The van der Waals surface area contributed by atoms with Gasteiger partial charge in [0.2, 0.25) is 0 Å². The van der Waals surface area contributed by atoms with Gasteiger partial charge >= 0.3 is 0 Å². The average molecular weight is 446 g/mol. The van der Waals surface area contributed by atoms with Gasteiger partial charge < -0.3 is 9.32 Å². The maximum Gasteiger partial charge on any atom is 0.289 e. The van der Waals surface area contributed by atoms with E-state index in [0.29, 0.717) is 30.3 Å². The molecule has 0 aromatic carbocycles. The van der Waals surface area contributed by atoms with Crippen LogP contribution in [0, 0.1) is 6.92 Å². The fraction of sp³-hybridized carbons (Fsp3) is 0.524. The number of hydrogen-bond donors (Lipinski definition) is 0. The molecule has 0 aliphatic carbocycles. The van der Waals surface area contributed by atoms with Crippen LogP contribution < -0.4 is 0 Å². The van der Waals surface area contributed by atoms with Crippen LogP contribution in [-0.4, -0.2) is 58.2 Å². The SMILES string of the molecule is Cc1cc(C(C)(C)C)oc1C(=O)N1CCC[C@@H](c2c(S(C)(=O)=O)cnc3ncnn23)C1. The zero-order chi connectivity index (χ0) is 22.6. The quantitative estimate of drug-likeness (QED) is 0.609. The molecule has 31 heavy (non-hydrogen) atoms. The van der Waals surface area contributed by atoms with Crippen molar-refractivity contribution in [2.24, 2.45) is 0 Å². The highest BCUT2D eigenvalue weighted by atomic mass is 32.2. The lowest BCUT2D eigenvalue weighted by atomic mass is 9.93. The van der Waals surface area contributed by atoms with E-state index in [1.165, 1.54) is 17.0 Å². The topological polar surface area (TPSA) is 111 Å². The molecule has 10 heteroatoms. The molecular formula is C21H27N5O4S. The molecule has 4 rings (SSSR count). The van der Waals surface area contributed by atoms with Crippen molar-refractivity contribution in [1.29, 1.82) is 0 Å². The van der Waals surface area contributed by atoms with Crippen LogP contribution in [0.3, 0.4) is 0 Å². The molecule has 1 atom stereocenters. The molecule has 1 aliphatic rings. The van der Waals surface area contributed by atoms with E-state index in [1.807, 2.05) is 33.8 Å². The van der Waals surface area contributed by atoms with E-state index in [-0.39, 0.29) is 22.1 Å². The molecule has 3 aromatic heterocycles. The monoisotopic (exact) mass is 445 g/mol. The van der Waals surface area contributed by atoms with Gasteiger partial charge in [0.15, 0.2) is 15.6 Å². The number of furan rings is 1. The highest BCUT2D eigenvalue weighted by Crippen LogP contribution is 2.33. The summed E-state index contributed by atoms with van der Waals surface area (Å²) in [5.74, 6) is 1.05. The Morgan fingerprint density at radius 3 is 2.65 bits per heavy atom. The molecular weight excluding hydrogens is 418 g/mol. The van der Waals surface area contributed by atoms with Crippen LogP contribution in [0.25, 0.3) is 5.78 Å². The number of amides is 1. The van der Waals surface area contributed by atoms with E-state index in [1.54, 1.807) is 4.90 Å². The van der Waals surface area contributed by atoms with Crippen molar-refractivity contribution in [3.8, 4) is 0 Å². The van der Waals surface area contributed by atoms with Gasteiger partial charge in [0.25, 0.3) is 11.7 Å². The predicted octanol–water partition coefficient (Wildman–Crippen LogP) is 2.75. The fourth-order valence-corrected chi connectivity index (χ4v) is 4.91. The Balaban J connectivity index is 1.70. The van der Waals surface area contributed by atoms with Gasteiger partial charge in [-0.25, -0.2) is 13.4 Å². The molecule has 1 fully saturated rings. The second kappa shape index (κ2) is 7.44. The molecule has 0 saturated carbocycles. The van der Waals surface area contributed by atoms with Crippen LogP contribution >= 0.6 is 0 Å². The number of rotatable bonds is 3. The van der Waals surface area contributed by atoms with Crippen molar-refractivity contribution in [3.05, 3.63) is 41.4 Å². The largest absolute Gasteiger partial charge is 0.455 e. The summed E-state index contributed by atoms with van der Waals surface area (Å²) in [7, 11) is -3.53. The number of sulfone groups is 1. The minimum absolute atomic E-state index is 0.119. The van der Waals surface area contributed by atoms with Gasteiger partial charge in [-0.3, -0.25) is 4.79 Å². The number of carbonyl (C=O) groups excluding carboxylic acids is 1. The highest BCUT2D eigenvalue weighted by Gasteiger charge is 2.33. The van der Waals surface area contributed by atoms with Crippen molar-refractivity contribution < 1.29 is 17.6 Å². The number of aromatic nitrogens is 4. The Morgan fingerprint density at radius 1 is 1.26 bits per heavy atom. The summed E-state index contributed by atoms with van der Waals surface area (Å²) < 4.78 is 32.3. The number of likely N-dealkylation sites (tertiary alicyclic amines) is 1. The molecule has 1 saturated heterocycles. The summed E-state index contributed by atoms with van der Waals surface area (Å²) >= 11 is 0. The van der Waals surface area contributed by atoms with Crippen molar-refractivity contribution >= 4 is 21.5 Å². The first-order valence-electron chi connectivity index (χ1n) is 10.3. The second-order valence-electron chi connectivity index (χ2n) is 9.21. The summed E-state index contributed by atoms with van der Waals surface area (Å²) in [6.07, 6.45) is 5.31. The van der Waals surface area contributed by atoms with E-state index < -0.39 is 9.84 Å². The van der Waals surface area contributed by atoms with Crippen LogP contribution in [0.1, 0.15) is 67.1 Å². The van der Waals surface area contributed by atoms with Crippen LogP contribution in [-0.2, 0) is 15.3 Å². The van der Waals surface area contributed by atoms with Gasteiger partial charge in [0.05, 0.1) is 11.9 Å². The third-order valence-electron chi connectivity index (χ3n) is 5.65. The van der Waals surface area contributed by atoms with Crippen LogP contribution in [0.15, 0.2) is 27.9 Å². The summed E-state index contributed by atoms with van der Waals surface area (Å²) in [6.45, 7) is 8.93. The van der Waals surface area contributed by atoms with Crippen molar-refractivity contribution in [3.63, 3.8) is 0 Å². The summed E-state index contributed by atoms with van der Waals surface area (Å²) in [4.78, 5) is 23.4. The predicted molar refractivity (Wildman–Crippen MR) is 114 cm³/mol. The standard InChI is InChI=1S/C21H27N5O4S/c1-13-9-16(21(2,3)4)30-18(13)19(27)25-8-6-7-14(11-25)17-15(31(5,28)29)10-22-20-23-12-24-26(17)20/h9-10,12,14H,6-8,11H2,1-5H3/t14-/m1/s1. The van der Waals surface area contributed by atoms with Gasteiger partial charge in [-0.05, 0) is 25.8 Å². The van der Waals surface area contributed by atoms with Crippen molar-refractivity contribution in [2.45, 2.75) is 56.8 Å².